The highest BCUT2D eigenvalue weighted by Crippen LogP contribution is 1.98. The normalized spacial score (nSPS) is 14.4. The molecule has 0 rings (SSSR count). The first-order valence-electron chi connectivity index (χ1n) is 5.43. The number of nitrogens with two attached hydrogens (primary N) is 2. The standard InChI is InChI=1S/C10H22N4O2/c1-6(2)8(12)10(16)14-7(3)9(15)13-5-4-11/h6-8H,4-5,11-12H2,1-3H3,(H,13,15)(H,14,16)/t7-,8-/m0/s1. The molecule has 6 nitrogen and oxygen atoms in total. The zero-order chi connectivity index (χ0) is 12.7. The number of carbonyl (C=O) groups excluding carboxylic acids is 2. The Morgan fingerprint density at radius 2 is 1.75 bits per heavy atom. The van der Waals surface area contributed by atoms with Crippen LogP contribution in [-0.2, 0) is 9.59 Å². The van der Waals surface area contributed by atoms with Crippen molar-refractivity contribution >= 4 is 11.8 Å². The van der Waals surface area contributed by atoms with E-state index >= 15 is 0 Å². The van der Waals surface area contributed by atoms with E-state index in [0.717, 1.165) is 0 Å². The van der Waals surface area contributed by atoms with Crippen LogP contribution < -0.4 is 22.1 Å². The van der Waals surface area contributed by atoms with Gasteiger partial charge in [-0.1, -0.05) is 13.8 Å². The predicted octanol–water partition coefficient (Wildman–Crippen LogP) is -1.45. The number of rotatable bonds is 6. The van der Waals surface area contributed by atoms with E-state index in [1.165, 1.54) is 0 Å². The fraction of sp³-hybridized carbons (Fsp3) is 0.800. The maximum absolute atomic E-state index is 11.5. The van der Waals surface area contributed by atoms with Gasteiger partial charge in [-0.25, -0.2) is 0 Å². The fourth-order valence-corrected chi connectivity index (χ4v) is 1.03. The van der Waals surface area contributed by atoms with E-state index in [0.29, 0.717) is 13.1 Å². The summed E-state index contributed by atoms with van der Waals surface area (Å²) >= 11 is 0. The monoisotopic (exact) mass is 230 g/mol. The van der Waals surface area contributed by atoms with Crippen LogP contribution >= 0.6 is 0 Å². The van der Waals surface area contributed by atoms with Crippen molar-refractivity contribution in [2.24, 2.45) is 17.4 Å². The van der Waals surface area contributed by atoms with Gasteiger partial charge in [0, 0.05) is 13.1 Å². The van der Waals surface area contributed by atoms with Crippen LogP contribution in [0.25, 0.3) is 0 Å². The second-order valence-electron chi connectivity index (χ2n) is 4.08. The molecular formula is C10H22N4O2. The molecule has 0 aliphatic rings. The van der Waals surface area contributed by atoms with Crippen LogP contribution in [0.3, 0.4) is 0 Å². The summed E-state index contributed by atoms with van der Waals surface area (Å²) in [6.07, 6.45) is 0. The molecule has 6 heteroatoms. The Morgan fingerprint density at radius 1 is 1.19 bits per heavy atom. The lowest BCUT2D eigenvalue weighted by Gasteiger charge is -2.19. The molecule has 0 radical (unpaired) electrons. The lowest BCUT2D eigenvalue weighted by Crippen LogP contribution is -2.52. The van der Waals surface area contributed by atoms with E-state index in [1.54, 1.807) is 6.92 Å². The highest BCUT2D eigenvalue weighted by molar-refractivity contribution is 5.89. The molecule has 6 N–H and O–H groups in total. The molecule has 0 saturated heterocycles. The van der Waals surface area contributed by atoms with Gasteiger partial charge >= 0.3 is 0 Å². The molecule has 94 valence electrons. The van der Waals surface area contributed by atoms with Crippen molar-refractivity contribution in [2.45, 2.75) is 32.9 Å². The summed E-state index contributed by atoms with van der Waals surface area (Å²) in [6.45, 7) is 6.08. The third kappa shape index (κ3) is 5.09. The van der Waals surface area contributed by atoms with Gasteiger partial charge in [0.05, 0.1) is 6.04 Å². The zero-order valence-electron chi connectivity index (χ0n) is 10.1. The molecule has 0 aromatic heterocycles. The van der Waals surface area contributed by atoms with E-state index < -0.39 is 12.1 Å². The molecule has 0 aliphatic heterocycles. The Morgan fingerprint density at radius 3 is 2.19 bits per heavy atom. The zero-order valence-corrected chi connectivity index (χ0v) is 10.1. The summed E-state index contributed by atoms with van der Waals surface area (Å²) in [6, 6.07) is -1.19. The molecule has 16 heavy (non-hydrogen) atoms. The average Bonchev–Trinajstić information content (AvgIpc) is 2.24. The van der Waals surface area contributed by atoms with E-state index in [4.69, 9.17) is 11.5 Å². The summed E-state index contributed by atoms with van der Waals surface area (Å²) in [4.78, 5) is 22.9. The van der Waals surface area contributed by atoms with Crippen LogP contribution in [0.4, 0.5) is 0 Å². The Kier molecular flexibility index (Phi) is 6.67. The average molecular weight is 230 g/mol. The number of hydrogen-bond acceptors (Lipinski definition) is 4. The van der Waals surface area contributed by atoms with Gasteiger partial charge < -0.3 is 22.1 Å². The summed E-state index contributed by atoms with van der Waals surface area (Å²) in [5, 5.41) is 5.14. The highest BCUT2D eigenvalue weighted by Gasteiger charge is 2.21. The van der Waals surface area contributed by atoms with Gasteiger partial charge in [0.25, 0.3) is 0 Å². The SMILES string of the molecule is CC(C)[C@H](N)C(=O)N[C@@H](C)C(=O)NCCN. The van der Waals surface area contributed by atoms with Gasteiger partial charge in [-0.05, 0) is 12.8 Å². The van der Waals surface area contributed by atoms with Crippen molar-refractivity contribution in [1.29, 1.82) is 0 Å². The van der Waals surface area contributed by atoms with Gasteiger partial charge in [-0.3, -0.25) is 9.59 Å². The molecule has 0 aromatic carbocycles. The highest BCUT2D eigenvalue weighted by atomic mass is 16.2. The predicted molar refractivity (Wildman–Crippen MR) is 62.5 cm³/mol. The maximum Gasteiger partial charge on any atom is 0.242 e. The second-order valence-corrected chi connectivity index (χ2v) is 4.08. The van der Waals surface area contributed by atoms with Gasteiger partial charge in [0.15, 0.2) is 0 Å². The Balaban J connectivity index is 4.08. The third-order valence-electron chi connectivity index (χ3n) is 2.22. The van der Waals surface area contributed by atoms with Crippen molar-refractivity contribution in [3.63, 3.8) is 0 Å². The van der Waals surface area contributed by atoms with Crippen LogP contribution in [0.5, 0.6) is 0 Å². The van der Waals surface area contributed by atoms with Crippen molar-refractivity contribution in [3.05, 3.63) is 0 Å². The molecule has 0 fully saturated rings. The van der Waals surface area contributed by atoms with Crippen molar-refractivity contribution < 1.29 is 9.59 Å². The van der Waals surface area contributed by atoms with Crippen LogP contribution in [0, 0.1) is 5.92 Å². The molecular weight excluding hydrogens is 208 g/mol. The number of carbonyl (C=O) groups is 2. The number of nitrogens with one attached hydrogen (secondary N) is 2. The van der Waals surface area contributed by atoms with Crippen molar-refractivity contribution in [3.8, 4) is 0 Å². The van der Waals surface area contributed by atoms with Crippen LogP contribution in [0.15, 0.2) is 0 Å². The molecule has 0 aromatic rings. The van der Waals surface area contributed by atoms with Gasteiger partial charge in [-0.15, -0.1) is 0 Å². The largest absolute Gasteiger partial charge is 0.353 e. The smallest absolute Gasteiger partial charge is 0.242 e. The number of hydrogen-bond donors (Lipinski definition) is 4. The van der Waals surface area contributed by atoms with Gasteiger partial charge in [0.2, 0.25) is 11.8 Å². The lowest BCUT2D eigenvalue weighted by atomic mass is 10.0. The molecule has 0 bridgehead atoms. The Labute approximate surface area is 96.1 Å². The third-order valence-corrected chi connectivity index (χ3v) is 2.22. The lowest BCUT2D eigenvalue weighted by molar-refractivity contribution is -0.129. The van der Waals surface area contributed by atoms with Crippen molar-refractivity contribution in [2.75, 3.05) is 13.1 Å². The Bertz CT molecular complexity index is 243. The molecule has 0 spiro atoms. The first-order chi connectivity index (χ1) is 7.40. The molecule has 0 saturated carbocycles. The summed E-state index contributed by atoms with van der Waals surface area (Å²) in [5.74, 6) is -0.528. The number of amides is 2. The minimum atomic E-state index is -0.594. The maximum atomic E-state index is 11.5. The summed E-state index contributed by atoms with van der Waals surface area (Å²) in [7, 11) is 0. The minimum Gasteiger partial charge on any atom is -0.353 e. The first-order valence-corrected chi connectivity index (χ1v) is 5.43. The quantitative estimate of drug-likeness (QED) is 0.447. The molecule has 0 unspecified atom stereocenters. The summed E-state index contributed by atoms with van der Waals surface area (Å²) < 4.78 is 0. The van der Waals surface area contributed by atoms with E-state index in [-0.39, 0.29) is 17.7 Å². The van der Waals surface area contributed by atoms with E-state index in [1.807, 2.05) is 13.8 Å². The second kappa shape index (κ2) is 7.19. The van der Waals surface area contributed by atoms with Crippen LogP contribution in [0.2, 0.25) is 0 Å². The first kappa shape index (κ1) is 14.9. The topological polar surface area (TPSA) is 110 Å². The van der Waals surface area contributed by atoms with E-state index in [2.05, 4.69) is 10.6 Å². The van der Waals surface area contributed by atoms with Gasteiger partial charge in [-0.2, -0.15) is 0 Å². The molecule has 0 heterocycles. The Hall–Kier alpha value is -1.14. The van der Waals surface area contributed by atoms with Crippen molar-refractivity contribution in [1.82, 2.24) is 10.6 Å². The van der Waals surface area contributed by atoms with E-state index in [9.17, 15) is 9.59 Å². The molecule has 2 atom stereocenters. The van der Waals surface area contributed by atoms with Gasteiger partial charge in [0.1, 0.15) is 6.04 Å². The van der Waals surface area contributed by atoms with Crippen LogP contribution in [0.1, 0.15) is 20.8 Å². The minimum absolute atomic E-state index is 0.0410. The van der Waals surface area contributed by atoms with Crippen LogP contribution in [-0.4, -0.2) is 37.0 Å². The fourth-order valence-electron chi connectivity index (χ4n) is 1.03. The summed E-state index contributed by atoms with van der Waals surface area (Å²) in [5.41, 5.74) is 10.9. The molecule has 2 amide bonds. The molecule has 0 aliphatic carbocycles.